The number of halogens is 2. The summed E-state index contributed by atoms with van der Waals surface area (Å²) in [5.41, 5.74) is 5.24. The van der Waals surface area contributed by atoms with E-state index in [2.05, 4.69) is 30.3 Å². The molecule has 0 radical (unpaired) electrons. The fourth-order valence-electron chi connectivity index (χ4n) is 6.39. The molecule has 1 aliphatic rings. The van der Waals surface area contributed by atoms with Crippen molar-refractivity contribution in [1.29, 1.82) is 0 Å². The van der Waals surface area contributed by atoms with Crippen LogP contribution in [0.25, 0.3) is 76.6 Å². The molecule has 6 aromatic carbocycles. The van der Waals surface area contributed by atoms with Gasteiger partial charge < -0.3 is 0 Å². The number of rotatable bonds is 4. The van der Waals surface area contributed by atoms with Crippen LogP contribution in [0.3, 0.4) is 0 Å². The van der Waals surface area contributed by atoms with Crippen molar-refractivity contribution in [2.45, 2.75) is 5.92 Å². The lowest BCUT2D eigenvalue weighted by atomic mass is 9.96. The lowest BCUT2D eigenvalue weighted by Gasteiger charge is -2.13. The van der Waals surface area contributed by atoms with E-state index in [9.17, 15) is 0 Å². The van der Waals surface area contributed by atoms with E-state index >= 15 is 8.78 Å². The van der Waals surface area contributed by atoms with Gasteiger partial charge in [-0.3, -0.25) is 0 Å². The quantitative estimate of drug-likeness (QED) is 0.198. The Morgan fingerprint density at radius 2 is 0.891 bits per heavy atom. The molecule has 1 aliphatic carbocycles. The molecule has 2 aromatic heterocycles. The topological polar surface area (TPSA) is 38.7 Å². The molecule has 0 spiro atoms. The Kier molecular flexibility index (Phi) is 5.95. The highest BCUT2D eigenvalue weighted by Crippen LogP contribution is 2.52. The molecule has 8 aromatic rings. The van der Waals surface area contributed by atoms with Gasteiger partial charge in [0.15, 0.2) is 17.5 Å². The summed E-state index contributed by atoms with van der Waals surface area (Å²) < 4.78 is 34.2. The molecule has 0 amide bonds. The zero-order valence-electron chi connectivity index (χ0n) is 24.3. The Balaban J connectivity index is 1.19. The van der Waals surface area contributed by atoms with Crippen LogP contribution < -0.4 is 0 Å². The average molecular weight is 616 g/mol. The first-order valence-corrected chi connectivity index (χ1v) is 15.8. The number of nitrogens with zero attached hydrogens (tertiary/aromatic N) is 3. The monoisotopic (exact) mass is 615 g/mol. The van der Waals surface area contributed by atoms with E-state index in [4.69, 9.17) is 15.0 Å². The van der Waals surface area contributed by atoms with E-state index in [1.807, 2.05) is 78.9 Å². The van der Waals surface area contributed by atoms with Gasteiger partial charge in [0.1, 0.15) is 0 Å². The standard InChI is InChI=1S/C40H23F2N3S/c41-40(42)33-18-15-26(27-17-20-36-32(22-27)29-13-7-8-14-35(29)46-36)21-30(33)31-23-28(16-19-34(31)40)39-44-37(24-9-3-1-4-10-24)43-38(45-39)25-11-5-2-6-12-25/h1-23H. The first kappa shape index (κ1) is 26.8. The van der Waals surface area contributed by atoms with Crippen LogP contribution in [-0.4, -0.2) is 15.0 Å². The summed E-state index contributed by atoms with van der Waals surface area (Å²) in [5.74, 6) is -1.64. The molecule has 0 fully saturated rings. The minimum absolute atomic E-state index is 0.0102. The molecule has 6 heteroatoms. The van der Waals surface area contributed by atoms with Gasteiger partial charge in [0.05, 0.1) is 0 Å². The first-order chi connectivity index (χ1) is 22.5. The SMILES string of the molecule is FC1(F)c2ccc(-c3ccc4sc5ccccc5c4c3)cc2-c2cc(-c3nc(-c4ccccc4)nc(-c4ccccc4)n3)ccc21. The van der Waals surface area contributed by atoms with Gasteiger partial charge >= 0.3 is 0 Å². The van der Waals surface area contributed by atoms with Gasteiger partial charge in [-0.1, -0.05) is 109 Å². The van der Waals surface area contributed by atoms with Crippen LogP contribution >= 0.6 is 11.3 Å². The fourth-order valence-corrected chi connectivity index (χ4v) is 7.48. The summed E-state index contributed by atoms with van der Waals surface area (Å²) in [6, 6.07) is 44.4. The van der Waals surface area contributed by atoms with Crippen LogP contribution in [0.2, 0.25) is 0 Å². The molecular weight excluding hydrogens is 593 g/mol. The van der Waals surface area contributed by atoms with Crippen molar-refractivity contribution < 1.29 is 8.78 Å². The third-order valence-corrected chi connectivity index (χ3v) is 9.83. The zero-order valence-corrected chi connectivity index (χ0v) is 25.1. The minimum atomic E-state index is -3.11. The maximum absolute atomic E-state index is 15.9. The third-order valence-electron chi connectivity index (χ3n) is 8.67. The van der Waals surface area contributed by atoms with E-state index in [1.165, 1.54) is 26.2 Å². The second-order valence-corrected chi connectivity index (χ2v) is 12.5. The summed E-state index contributed by atoms with van der Waals surface area (Å²) in [4.78, 5) is 14.4. The Hall–Kier alpha value is -5.59. The van der Waals surface area contributed by atoms with Gasteiger partial charge in [-0.25, -0.2) is 15.0 Å². The van der Waals surface area contributed by atoms with Crippen LogP contribution in [0.4, 0.5) is 8.78 Å². The highest BCUT2D eigenvalue weighted by Gasteiger charge is 2.44. The summed E-state index contributed by atoms with van der Waals surface area (Å²) in [7, 11) is 0. The molecule has 9 rings (SSSR count). The molecule has 0 N–H and O–H groups in total. The summed E-state index contributed by atoms with van der Waals surface area (Å²) >= 11 is 1.76. The smallest absolute Gasteiger partial charge is 0.208 e. The number of aromatic nitrogens is 3. The lowest BCUT2D eigenvalue weighted by molar-refractivity contribution is 0.0480. The van der Waals surface area contributed by atoms with Crippen LogP contribution in [0.5, 0.6) is 0 Å². The Morgan fingerprint density at radius 1 is 0.413 bits per heavy atom. The van der Waals surface area contributed by atoms with Gasteiger partial charge in [-0.05, 0) is 52.6 Å². The molecule has 218 valence electrons. The largest absolute Gasteiger partial charge is 0.299 e. The first-order valence-electron chi connectivity index (χ1n) is 15.0. The number of thiophene rings is 1. The van der Waals surface area contributed by atoms with Crippen LogP contribution in [0, 0.1) is 0 Å². The van der Waals surface area contributed by atoms with Crippen molar-refractivity contribution in [2.24, 2.45) is 0 Å². The van der Waals surface area contributed by atoms with Gasteiger partial charge in [-0.15, -0.1) is 11.3 Å². The molecular formula is C40H23F2N3S. The van der Waals surface area contributed by atoms with Crippen molar-refractivity contribution >= 4 is 31.5 Å². The Labute approximate surface area is 267 Å². The maximum Gasteiger partial charge on any atom is 0.299 e. The van der Waals surface area contributed by atoms with Crippen molar-refractivity contribution in [1.82, 2.24) is 15.0 Å². The summed E-state index contributed by atoms with van der Waals surface area (Å²) in [5, 5.41) is 2.37. The van der Waals surface area contributed by atoms with Crippen molar-refractivity contribution in [3.63, 3.8) is 0 Å². The van der Waals surface area contributed by atoms with E-state index in [-0.39, 0.29) is 11.1 Å². The van der Waals surface area contributed by atoms with E-state index in [0.29, 0.717) is 34.2 Å². The molecule has 0 unspecified atom stereocenters. The number of alkyl halides is 2. The van der Waals surface area contributed by atoms with Gasteiger partial charge in [0, 0.05) is 48.0 Å². The van der Waals surface area contributed by atoms with Gasteiger partial charge in [0.2, 0.25) is 0 Å². The summed E-state index contributed by atoms with van der Waals surface area (Å²) in [6.07, 6.45) is 0. The van der Waals surface area contributed by atoms with Gasteiger partial charge in [0.25, 0.3) is 5.92 Å². The van der Waals surface area contributed by atoms with E-state index in [0.717, 1.165) is 22.3 Å². The molecule has 3 nitrogen and oxygen atoms in total. The molecule has 46 heavy (non-hydrogen) atoms. The Morgan fingerprint density at radius 3 is 1.54 bits per heavy atom. The predicted molar refractivity (Wildman–Crippen MR) is 183 cm³/mol. The normalized spacial score (nSPS) is 13.2. The number of hydrogen-bond donors (Lipinski definition) is 0. The molecule has 0 atom stereocenters. The third kappa shape index (κ3) is 4.25. The predicted octanol–water partition coefficient (Wildman–Crippen LogP) is 11.0. The molecule has 0 bridgehead atoms. The van der Waals surface area contributed by atoms with E-state index < -0.39 is 5.92 Å². The molecule has 0 saturated carbocycles. The second-order valence-electron chi connectivity index (χ2n) is 11.4. The maximum atomic E-state index is 15.9. The highest BCUT2D eigenvalue weighted by molar-refractivity contribution is 7.25. The molecule has 2 heterocycles. The van der Waals surface area contributed by atoms with Gasteiger partial charge in [-0.2, -0.15) is 8.78 Å². The Bertz CT molecular complexity index is 2400. The molecule has 0 aliphatic heterocycles. The number of hydrogen-bond acceptors (Lipinski definition) is 4. The summed E-state index contributed by atoms with van der Waals surface area (Å²) in [6.45, 7) is 0. The number of benzene rings is 6. The van der Waals surface area contributed by atoms with Crippen LogP contribution in [-0.2, 0) is 5.92 Å². The lowest BCUT2D eigenvalue weighted by Crippen LogP contribution is -2.10. The van der Waals surface area contributed by atoms with Crippen molar-refractivity contribution in [3.8, 4) is 56.4 Å². The zero-order chi connectivity index (χ0) is 30.8. The van der Waals surface area contributed by atoms with Crippen molar-refractivity contribution in [3.05, 3.63) is 151 Å². The second kappa shape index (κ2) is 10.2. The molecule has 0 saturated heterocycles. The van der Waals surface area contributed by atoms with Crippen LogP contribution in [0.15, 0.2) is 140 Å². The highest BCUT2D eigenvalue weighted by atomic mass is 32.1. The average Bonchev–Trinajstić information content (AvgIpc) is 3.60. The van der Waals surface area contributed by atoms with Crippen molar-refractivity contribution in [2.75, 3.05) is 0 Å². The fraction of sp³-hybridized carbons (Fsp3) is 0.0250. The van der Waals surface area contributed by atoms with Crippen LogP contribution in [0.1, 0.15) is 11.1 Å². The van der Waals surface area contributed by atoms with E-state index in [1.54, 1.807) is 35.6 Å². The number of fused-ring (bicyclic) bond motifs is 6. The minimum Gasteiger partial charge on any atom is -0.208 e.